The third kappa shape index (κ3) is 3.45. The second kappa shape index (κ2) is 6.69. The van der Waals surface area contributed by atoms with E-state index in [2.05, 4.69) is 25.0 Å². The molecule has 7 nitrogen and oxygen atoms in total. The van der Waals surface area contributed by atoms with Gasteiger partial charge in [0.2, 0.25) is 0 Å². The predicted molar refractivity (Wildman–Crippen MR) is 81.4 cm³/mol. The Balaban J connectivity index is 1.85. The smallest absolute Gasteiger partial charge is 0.316 e. The minimum absolute atomic E-state index is 0.132. The van der Waals surface area contributed by atoms with Crippen LogP contribution in [-0.2, 0) is 16.1 Å². The summed E-state index contributed by atoms with van der Waals surface area (Å²) in [4.78, 5) is 19.5. The van der Waals surface area contributed by atoms with Crippen molar-refractivity contribution in [2.24, 2.45) is 0 Å². The molecule has 0 amide bonds. The summed E-state index contributed by atoms with van der Waals surface area (Å²) in [6.07, 6.45) is 1.40. The molecule has 3 aromatic rings. The zero-order valence-corrected chi connectivity index (χ0v) is 13.0. The molecule has 9 heteroatoms. The fourth-order valence-corrected chi connectivity index (χ4v) is 2.70. The number of nitrogens with zero attached hydrogens (tertiary/aromatic N) is 5. The number of carbonyl (C=O) groups excluding carboxylic acids is 1. The first-order valence-electron chi connectivity index (χ1n) is 6.65. The molecule has 1 aromatic carbocycles. The largest absolute Gasteiger partial charge is 0.468 e. The van der Waals surface area contributed by atoms with E-state index in [0.29, 0.717) is 22.7 Å². The molecular formula is C14H12FN5O2S. The number of aromatic nitrogens is 5. The van der Waals surface area contributed by atoms with E-state index in [0.717, 1.165) is 5.56 Å². The van der Waals surface area contributed by atoms with Crippen molar-refractivity contribution < 1.29 is 13.9 Å². The van der Waals surface area contributed by atoms with E-state index >= 15 is 0 Å². The lowest BCUT2D eigenvalue weighted by Crippen LogP contribution is -2.04. The monoisotopic (exact) mass is 333 g/mol. The summed E-state index contributed by atoms with van der Waals surface area (Å²) in [6, 6.07) is 6.13. The van der Waals surface area contributed by atoms with Crippen molar-refractivity contribution in [3.05, 3.63) is 42.0 Å². The molecule has 3 rings (SSSR count). The summed E-state index contributed by atoms with van der Waals surface area (Å²) in [6.45, 7) is 0.412. The van der Waals surface area contributed by atoms with E-state index < -0.39 is 0 Å². The van der Waals surface area contributed by atoms with Crippen LogP contribution in [0.25, 0.3) is 11.2 Å². The van der Waals surface area contributed by atoms with Crippen LogP contribution in [-0.4, -0.2) is 43.8 Å². The van der Waals surface area contributed by atoms with Gasteiger partial charge in [-0.15, -0.1) is 5.10 Å². The summed E-state index contributed by atoms with van der Waals surface area (Å²) in [7, 11) is 1.33. The molecular weight excluding hydrogens is 321 g/mol. The van der Waals surface area contributed by atoms with Gasteiger partial charge in [-0.2, -0.15) is 0 Å². The lowest BCUT2D eigenvalue weighted by atomic mass is 10.2. The van der Waals surface area contributed by atoms with Crippen LogP contribution in [0.4, 0.5) is 4.39 Å². The van der Waals surface area contributed by atoms with Crippen LogP contribution >= 0.6 is 11.8 Å². The van der Waals surface area contributed by atoms with E-state index in [4.69, 9.17) is 0 Å². The molecule has 0 saturated carbocycles. The first-order chi connectivity index (χ1) is 11.2. The number of rotatable bonds is 5. The van der Waals surface area contributed by atoms with Gasteiger partial charge in [-0.1, -0.05) is 29.1 Å². The second-order valence-corrected chi connectivity index (χ2v) is 5.55. The third-order valence-corrected chi connectivity index (χ3v) is 4.02. The highest BCUT2D eigenvalue weighted by molar-refractivity contribution is 8.00. The van der Waals surface area contributed by atoms with Gasteiger partial charge in [-0.05, 0) is 17.7 Å². The van der Waals surface area contributed by atoms with Gasteiger partial charge in [0.05, 0.1) is 19.4 Å². The Morgan fingerprint density at radius 1 is 1.30 bits per heavy atom. The van der Waals surface area contributed by atoms with Crippen molar-refractivity contribution in [1.82, 2.24) is 25.0 Å². The maximum Gasteiger partial charge on any atom is 0.316 e. The summed E-state index contributed by atoms with van der Waals surface area (Å²) >= 11 is 1.21. The molecule has 118 valence electrons. The molecule has 23 heavy (non-hydrogen) atoms. The van der Waals surface area contributed by atoms with E-state index in [1.807, 2.05) is 0 Å². The summed E-state index contributed by atoms with van der Waals surface area (Å²) in [5, 5.41) is 8.70. The number of fused-ring (bicyclic) bond motifs is 1. The molecule has 0 saturated heterocycles. The molecule has 0 aliphatic carbocycles. The standard InChI is InChI=1S/C14H12FN5O2S/c1-22-11(21)7-23-14-12-13(16-8-17-14)20(19-18-12)6-9-2-4-10(15)5-3-9/h2-5,8H,6-7H2,1H3. The van der Waals surface area contributed by atoms with Gasteiger partial charge < -0.3 is 4.74 Å². The molecule has 2 aromatic heterocycles. The van der Waals surface area contributed by atoms with Gasteiger partial charge in [-0.3, -0.25) is 4.79 Å². The Morgan fingerprint density at radius 3 is 2.83 bits per heavy atom. The number of thioether (sulfide) groups is 1. The first kappa shape index (κ1) is 15.3. The number of hydrogen-bond acceptors (Lipinski definition) is 7. The van der Waals surface area contributed by atoms with Crippen LogP contribution in [0.15, 0.2) is 35.6 Å². The highest BCUT2D eigenvalue weighted by Gasteiger charge is 2.14. The fourth-order valence-electron chi connectivity index (χ4n) is 1.93. The van der Waals surface area contributed by atoms with Crippen LogP contribution < -0.4 is 0 Å². The lowest BCUT2D eigenvalue weighted by molar-refractivity contribution is -0.137. The van der Waals surface area contributed by atoms with Gasteiger partial charge in [-0.25, -0.2) is 19.0 Å². The third-order valence-electron chi connectivity index (χ3n) is 3.07. The Hall–Kier alpha value is -2.55. The molecule has 0 aliphatic heterocycles. The maximum atomic E-state index is 13.0. The molecule has 2 heterocycles. The highest BCUT2D eigenvalue weighted by atomic mass is 32.2. The zero-order chi connectivity index (χ0) is 16.2. The Labute approximate surface area is 134 Å². The van der Waals surface area contributed by atoms with Gasteiger partial charge in [0.25, 0.3) is 0 Å². The normalized spacial score (nSPS) is 10.9. The maximum absolute atomic E-state index is 13.0. The quantitative estimate of drug-likeness (QED) is 0.399. The molecule has 0 aliphatic rings. The van der Waals surface area contributed by atoms with Crippen LogP contribution in [0.5, 0.6) is 0 Å². The van der Waals surface area contributed by atoms with Crippen LogP contribution in [0.2, 0.25) is 0 Å². The fraction of sp³-hybridized carbons (Fsp3) is 0.214. The first-order valence-corrected chi connectivity index (χ1v) is 7.64. The SMILES string of the molecule is COC(=O)CSc1ncnc2c1nnn2Cc1ccc(F)cc1. The Morgan fingerprint density at radius 2 is 2.09 bits per heavy atom. The highest BCUT2D eigenvalue weighted by Crippen LogP contribution is 2.22. The topological polar surface area (TPSA) is 82.8 Å². The molecule has 0 radical (unpaired) electrons. The predicted octanol–water partition coefficient (Wildman–Crippen LogP) is 1.67. The molecule has 0 unspecified atom stereocenters. The van der Waals surface area contributed by atoms with Crippen molar-refractivity contribution in [2.75, 3.05) is 12.9 Å². The van der Waals surface area contributed by atoms with Crippen LogP contribution in [0, 0.1) is 5.82 Å². The minimum atomic E-state index is -0.347. The summed E-state index contributed by atoms with van der Waals surface area (Å²) in [5.74, 6) is -0.505. The van der Waals surface area contributed by atoms with E-state index in [9.17, 15) is 9.18 Å². The second-order valence-electron chi connectivity index (χ2n) is 4.59. The van der Waals surface area contributed by atoms with E-state index in [-0.39, 0.29) is 17.5 Å². The number of carbonyl (C=O) groups is 1. The van der Waals surface area contributed by atoms with Crippen molar-refractivity contribution in [2.45, 2.75) is 11.6 Å². The molecule has 0 bridgehead atoms. The number of esters is 1. The molecule has 0 fully saturated rings. The van der Waals surface area contributed by atoms with Crippen molar-refractivity contribution >= 4 is 28.9 Å². The van der Waals surface area contributed by atoms with Crippen molar-refractivity contribution in [1.29, 1.82) is 0 Å². The van der Waals surface area contributed by atoms with Gasteiger partial charge in [0, 0.05) is 0 Å². The summed E-state index contributed by atoms with van der Waals surface area (Å²) in [5.41, 5.74) is 1.95. The number of methoxy groups -OCH3 is 1. The average molecular weight is 333 g/mol. The number of benzene rings is 1. The van der Waals surface area contributed by atoms with E-state index in [1.165, 1.54) is 37.3 Å². The average Bonchev–Trinajstić information content (AvgIpc) is 2.98. The Bertz CT molecular complexity index is 837. The van der Waals surface area contributed by atoms with Gasteiger partial charge in [0.1, 0.15) is 17.2 Å². The molecule has 0 N–H and O–H groups in total. The Kier molecular flexibility index (Phi) is 4.47. The molecule has 0 atom stereocenters. The van der Waals surface area contributed by atoms with Crippen LogP contribution in [0.3, 0.4) is 0 Å². The number of halogens is 1. The van der Waals surface area contributed by atoms with Crippen molar-refractivity contribution in [3.8, 4) is 0 Å². The zero-order valence-electron chi connectivity index (χ0n) is 12.1. The van der Waals surface area contributed by atoms with Crippen molar-refractivity contribution in [3.63, 3.8) is 0 Å². The molecule has 0 spiro atoms. The van der Waals surface area contributed by atoms with Crippen LogP contribution in [0.1, 0.15) is 5.56 Å². The lowest BCUT2D eigenvalue weighted by Gasteiger charge is -2.03. The van der Waals surface area contributed by atoms with Gasteiger partial charge in [0.15, 0.2) is 11.2 Å². The number of ether oxygens (including phenoxy) is 1. The number of hydrogen-bond donors (Lipinski definition) is 0. The minimum Gasteiger partial charge on any atom is -0.468 e. The van der Waals surface area contributed by atoms with E-state index in [1.54, 1.807) is 16.8 Å². The van der Waals surface area contributed by atoms with Gasteiger partial charge >= 0.3 is 5.97 Å². The summed E-state index contributed by atoms with van der Waals surface area (Å²) < 4.78 is 19.2.